The number of amides is 1. The van der Waals surface area contributed by atoms with Crippen LogP contribution in [-0.4, -0.2) is 34.9 Å². The van der Waals surface area contributed by atoms with Crippen molar-refractivity contribution in [2.45, 2.75) is 18.6 Å². The molecule has 13 heavy (non-hydrogen) atoms. The number of hydrogen-bond donors (Lipinski definition) is 0. The van der Waals surface area contributed by atoms with Crippen molar-refractivity contribution < 1.29 is 4.79 Å². The van der Waals surface area contributed by atoms with Gasteiger partial charge in [-0.2, -0.15) is 11.8 Å². The lowest BCUT2D eigenvalue weighted by molar-refractivity contribution is -0.126. The van der Waals surface area contributed by atoms with E-state index in [4.69, 9.17) is 11.6 Å². The first-order chi connectivity index (χ1) is 6.11. The third-order valence-corrected chi connectivity index (χ3v) is 3.47. The van der Waals surface area contributed by atoms with E-state index in [1.54, 1.807) is 4.90 Å². The summed E-state index contributed by atoms with van der Waals surface area (Å²) in [4.78, 5) is 13.2. The summed E-state index contributed by atoms with van der Waals surface area (Å²) in [5.74, 6) is 0.883. The van der Waals surface area contributed by atoms with Crippen LogP contribution in [0.1, 0.15) is 13.3 Å². The summed E-state index contributed by atoms with van der Waals surface area (Å²) in [6.07, 6.45) is 1.04. The number of carbonyl (C=O) groups excluding carboxylic acids is 1. The van der Waals surface area contributed by atoms with Gasteiger partial charge in [-0.05, 0) is 6.42 Å². The van der Waals surface area contributed by atoms with Gasteiger partial charge in [0.15, 0.2) is 0 Å². The summed E-state index contributed by atoms with van der Waals surface area (Å²) in [5.41, 5.74) is 0. The molecular formula is C9H14ClNOS. The molecule has 74 valence electrons. The lowest BCUT2D eigenvalue weighted by Gasteiger charge is -2.18. The molecule has 1 fully saturated rings. The zero-order valence-corrected chi connectivity index (χ0v) is 9.33. The standard InChI is InChI=1S/C9H14ClNOS/c1-7-3-4-11(5-6-13-7)9(12)8(2)10/h7H,2-6H2,1H3. The molecule has 0 aliphatic carbocycles. The van der Waals surface area contributed by atoms with Crippen LogP contribution >= 0.6 is 23.4 Å². The van der Waals surface area contributed by atoms with E-state index in [2.05, 4.69) is 13.5 Å². The molecular weight excluding hydrogens is 206 g/mol. The molecule has 1 aliphatic heterocycles. The Morgan fingerprint density at radius 3 is 2.92 bits per heavy atom. The van der Waals surface area contributed by atoms with Gasteiger partial charge < -0.3 is 4.90 Å². The molecule has 1 atom stereocenters. The lowest BCUT2D eigenvalue weighted by Crippen LogP contribution is -2.32. The van der Waals surface area contributed by atoms with E-state index >= 15 is 0 Å². The quantitative estimate of drug-likeness (QED) is 0.630. The van der Waals surface area contributed by atoms with E-state index < -0.39 is 0 Å². The monoisotopic (exact) mass is 219 g/mol. The Labute approximate surface area is 88.3 Å². The fourth-order valence-electron chi connectivity index (χ4n) is 1.27. The van der Waals surface area contributed by atoms with E-state index in [1.807, 2.05) is 11.8 Å². The average Bonchev–Trinajstić information content (AvgIpc) is 2.28. The van der Waals surface area contributed by atoms with Crippen molar-refractivity contribution in [2.24, 2.45) is 0 Å². The second-order valence-electron chi connectivity index (χ2n) is 3.17. The van der Waals surface area contributed by atoms with Gasteiger partial charge in [0, 0.05) is 24.1 Å². The van der Waals surface area contributed by atoms with Gasteiger partial charge in [-0.3, -0.25) is 4.79 Å². The van der Waals surface area contributed by atoms with Gasteiger partial charge >= 0.3 is 0 Å². The predicted molar refractivity (Wildman–Crippen MR) is 58.1 cm³/mol. The van der Waals surface area contributed by atoms with Gasteiger partial charge in [-0.1, -0.05) is 25.1 Å². The van der Waals surface area contributed by atoms with Gasteiger partial charge in [0.1, 0.15) is 0 Å². The number of rotatable bonds is 1. The second-order valence-corrected chi connectivity index (χ2v) is 5.17. The van der Waals surface area contributed by atoms with Crippen LogP contribution in [-0.2, 0) is 4.79 Å². The van der Waals surface area contributed by atoms with E-state index in [0.29, 0.717) is 5.25 Å². The topological polar surface area (TPSA) is 20.3 Å². The molecule has 1 rings (SSSR count). The Morgan fingerprint density at radius 2 is 2.31 bits per heavy atom. The van der Waals surface area contributed by atoms with Crippen molar-refractivity contribution in [3.8, 4) is 0 Å². The Kier molecular flexibility index (Phi) is 4.13. The molecule has 2 nitrogen and oxygen atoms in total. The third-order valence-electron chi connectivity index (χ3n) is 2.09. The highest BCUT2D eigenvalue weighted by Crippen LogP contribution is 2.19. The summed E-state index contributed by atoms with van der Waals surface area (Å²) >= 11 is 7.46. The molecule has 0 N–H and O–H groups in total. The van der Waals surface area contributed by atoms with Gasteiger partial charge in [-0.25, -0.2) is 0 Å². The average molecular weight is 220 g/mol. The molecule has 0 saturated carbocycles. The van der Waals surface area contributed by atoms with Crippen LogP contribution in [0, 0.1) is 0 Å². The van der Waals surface area contributed by atoms with Crippen LogP contribution < -0.4 is 0 Å². The Bertz CT molecular complexity index is 220. The minimum absolute atomic E-state index is 0.114. The predicted octanol–water partition coefficient (Wildman–Crippen LogP) is 2.09. The number of carbonyl (C=O) groups is 1. The van der Waals surface area contributed by atoms with Crippen molar-refractivity contribution in [2.75, 3.05) is 18.8 Å². The minimum atomic E-state index is -0.114. The normalized spacial score (nSPS) is 23.8. The number of nitrogens with zero attached hydrogens (tertiary/aromatic N) is 1. The van der Waals surface area contributed by atoms with Gasteiger partial charge in [0.25, 0.3) is 5.91 Å². The fraction of sp³-hybridized carbons (Fsp3) is 0.667. The molecule has 0 spiro atoms. The largest absolute Gasteiger partial charge is 0.337 e. The zero-order valence-electron chi connectivity index (χ0n) is 7.75. The minimum Gasteiger partial charge on any atom is -0.337 e. The molecule has 0 aromatic heterocycles. The summed E-state index contributed by atoms with van der Waals surface area (Å²) in [6, 6.07) is 0. The highest BCUT2D eigenvalue weighted by atomic mass is 35.5. The lowest BCUT2D eigenvalue weighted by atomic mass is 10.3. The second kappa shape index (κ2) is 4.91. The van der Waals surface area contributed by atoms with E-state index in [1.165, 1.54) is 0 Å². The Hall–Kier alpha value is -0.150. The first kappa shape index (κ1) is 10.9. The molecule has 1 saturated heterocycles. The van der Waals surface area contributed by atoms with Gasteiger partial charge in [0.05, 0.1) is 5.03 Å². The summed E-state index contributed by atoms with van der Waals surface area (Å²) in [5, 5.41) is 0.765. The van der Waals surface area contributed by atoms with Crippen molar-refractivity contribution in [3.05, 3.63) is 11.6 Å². The van der Waals surface area contributed by atoms with Crippen LogP contribution in [0.25, 0.3) is 0 Å². The maximum absolute atomic E-state index is 11.4. The Balaban J connectivity index is 2.51. The maximum atomic E-state index is 11.4. The van der Waals surface area contributed by atoms with Crippen molar-refractivity contribution >= 4 is 29.3 Å². The smallest absolute Gasteiger partial charge is 0.264 e. The first-order valence-electron chi connectivity index (χ1n) is 4.36. The first-order valence-corrected chi connectivity index (χ1v) is 5.79. The van der Waals surface area contributed by atoms with Crippen LogP contribution in [0.2, 0.25) is 0 Å². The zero-order chi connectivity index (χ0) is 9.84. The third kappa shape index (κ3) is 3.24. The van der Waals surface area contributed by atoms with Crippen LogP contribution in [0.4, 0.5) is 0 Å². The SMILES string of the molecule is C=C(Cl)C(=O)N1CCSC(C)CC1. The van der Waals surface area contributed by atoms with Gasteiger partial charge in [0.2, 0.25) is 0 Å². The molecule has 1 amide bonds. The number of halogens is 1. The van der Waals surface area contributed by atoms with Crippen molar-refractivity contribution in [1.82, 2.24) is 4.90 Å². The summed E-state index contributed by atoms with van der Waals surface area (Å²) < 4.78 is 0. The summed E-state index contributed by atoms with van der Waals surface area (Å²) in [6.45, 7) is 7.23. The molecule has 1 unspecified atom stereocenters. The molecule has 1 aliphatic rings. The highest BCUT2D eigenvalue weighted by molar-refractivity contribution is 7.99. The van der Waals surface area contributed by atoms with E-state index in [9.17, 15) is 4.79 Å². The van der Waals surface area contributed by atoms with Gasteiger partial charge in [-0.15, -0.1) is 0 Å². The number of hydrogen-bond acceptors (Lipinski definition) is 2. The fourth-order valence-corrected chi connectivity index (χ4v) is 2.39. The molecule has 0 radical (unpaired) electrons. The summed E-state index contributed by atoms with van der Waals surface area (Å²) in [7, 11) is 0. The molecule has 0 bridgehead atoms. The molecule has 4 heteroatoms. The van der Waals surface area contributed by atoms with Crippen molar-refractivity contribution in [3.63, 3.8) is 0 Å². The van der Waals surface area contributed by atoms with Crippen LogP contribution in [0.3, 0.4) is 0 Å². The van der Waals surface area contributed by atoms with Crippen LogP contribution in [0.15, 0.2) is 11.6 Å². The van der Waals surface area contributed by atoms with E-state index in [0.717, 1.165) is 25.3 Å². The molecule has 0 aromatic carbocycles. The molecule has 0 aromatic rings. The number of thioether (sulfide) groups is 1. The maximum Gasteiger partial charge on any atom is 0.264 e. The molecule has 1 heterocycles. The Morgan fingerprint density at radius 1 is 1.62 bits per heavy atom. The van der Waals surface area contributed by atoms with Crippen molar-refractivity contribution in [1.29, 1.82) is 0 Å². The van der Waals surface area contributed by atoms with Crippen LogP contribution in [0.5, 0.6) is 0 Å². The van der Waals surface area contributed by atoms with E-state index in [-0.39, 0.29) is 10.9 Å². The highest BCUT2D eigenvalue weighted by Gasteiger charge is 2.19.